The fourth-order valence-corrected chi connectivity index (χ4v) is 5.10. The highest BCUT2D eigenvalue weighted by Gasteiger charge is 2.30. The molecule has 37 heavy (non-hydrogen) atoms. The van der Waals surface area contributed by atoms with Crippen molar-refractivity contribution in [2.24, 2.45) is 5.92 Å². The molecule has 212 valence electrons. The second kappa shape index (κ2) is 19.3. The molecule has 5 heteroatoms. The molecule has 1 heterocycles. The molecule has 1 aromatic carbocycles. The van der Waals surface area contributed by atoms with E-state index in [1.54, 1.807) is 7.11 Å². The molecule has 1 aliphatic heterocycles. The summed E-state index contributed by atoms with van der Waals surface area (Å²) in [7, 11) is 1.74. The molecule has 1 unspecified atom stereocenters. The van der Waals surface area contributed by atoms with Crippen LogP contribution in [0.4, 0.5) is 0 Å². The number of unbranched alkanes of at least 4 members (excludes halogenated alkanes) is 2. The average Bonchev–Trinajstić information content (AvgIpc) is 2.94. The topological polar surface area (TPSA) is 48.0 Å². The van der Waals surface area contributed by atoms with Gasteiger partial charge >= 0.3 is 5.97 Å². The minimum Gasteiger partial charge on any atom is -0.496 e. The Bertz CT molecular complexity index is 798. The van der Waals surface area contributed by atoms with Crippen LogP contribution in [0.25, 0.3) is 0 Å². The zero-order chi connectivity index (χ0) is 27.6. The molecule has 2 atom stereocenters. The van der Waals surface area contributed by atoms with Crippen LogP contribution in [0.3, 0.4) is 0 Å². The van der Waals surface area contributed by atoms with E-state index in [1.165, 1.54) is 24.0 Å². The van der Waals surface area contributed by atoms with Crippen molar-refractivity contribution in [1.82, 2.24) is 4.90 Å². The molecule has 0 N–H and O–H groups in total. The molecular weight excluding hydrogens is 462 g/mol. The van der Waals surface area contributed by atoms with Gasteiger partial charge in [-0.1, -0.05) is 72.5 Å². The monoisotopic (exact) mass is 517 g/mol. The van der Waals surface area contributed by atoms with Crippen LogP contribution in [-0.4, -0.2) is 50.8 Å². The molecule has 0 amide bonds. The van der Waals surface area contributed by atoms with Crippen LogP contribution in [0.1, 0.15) is 110 Å². The highest BCUT2D eigenvalue weighted by atomic mass is 16.5. The number of nitrogens with zero attached hydrogens (tertiary/aromatic N) is 1. The highest BCUT2D eigenvalue weighted by Crippen LogP contribution is 2.46. The van der Waals surface area contributed by atoms with Crippen molar-refractivity contribution >= 4 is 5.97 Å². The smallest absolute Gasteiger partial charge is 0.312 e. The standard InChI is InChI=1S/C28H43NO4.2C2H6/c1-5-7-8-9-22-19-25(31-4)28(24-18-21(3)10-11-23(24)6-2)26(20-22)33-27(30)12-13-29-14-16-32-17-15-29;2*1-2/h18-20,23-24H,5-17H2,1-4H3;2*1-2H3/t23-,24?;;/m1../s1. The molecule has 0 saturated carbocycles. The third-order valence-electron chi connectivity index (χ3n) is 7.15. The Morgan fingerprint density at radius 2 is 1.73 bits per heavy atom. The number of methoxy groups -OCH3 is 1. The maximum absolute atomic E-state index is 12.9. The number of hydrogen-bond donors (Lipinski definition) is 0. The van der Waals surface area contributed by atoms with Gasteiger partial charge in [-0.25, -0.2) is 0 Å². The van der Waals surface area contributed by atoms with E-state index in [9.17, 15) is 4.79 Å². The SMILES string of the molecule is CC.CC.CCCCCc1cc(OC)c(C2C=C(C)CC[C@H]2CC)c(OC(=O)CCN2CCOCC2)c1. The van der Waals surface area contributed by atoms with Crippen molar-refractivity contribution in [2.45, 2.75) is 106 Å². The van der Waals surface area contributed by atoms with Crippen molar-refractivity contribution < 1.29 is 19.0 Å². The zero-order valence-corrected chi connectivity index (χ0v) is 25.2. The maximum Gasteiger partial charge on any atom is 0.312 e. The van der Waals surface area contributed by atoms with Gasteiger partial charge in [0.05, 0.1) is 26.7 Å². The Morgan fingerprint density at radius 3 is 2.35 bits per heavy atom. The van der Waals surface area contributed by atoms with E-state index in [-0.39, 0.29) is 11.9 Å². The lowest BCUT2D eigenvalue weighted by Gasteiger charge is -2.31. The summed E-state index contributed by atoms with van der Waals surface area (Å²) in [6.07, 6.45) is 10.6. The number of benzene rings is 1. The number of esters is 1. The van der Waals surface area contributed by atoms with Gasteiger partial charge in [0.15, 0.2) is 0 Å². The maximum atomic E-state index is 12.9. The summed E-state index contributed by atoms with van der Waals surface area (Å²) in [5.41, 5.74) is 3.63. The summed E-state index contributed by atoms with van der Waals surface area (Å²) in [6.45, 7) is 18.6. The fourth-order valence-electron chi connectivity index (χ4n) is 5.10. The Balaban J connectivity index is 0.00000163. The van der Waals surface area contributed by atoms with E-state index in [4.69, 9.17) is 14.2 Å². The minimum absolute atomic E-state index is 0.167. The first-order valence-electron chi connectivity index (χ1n) is 14.9. The van der Waals surface area contributed by atoms with E-state index in [0.717, 1.165) is 69.7 Å². The fraction of sp³-hybridized carbons (Fsp3) is 0.719. The molecule has 1 saturated heterocycles. The van der Waals surface area contributed by atoms with Gasteiger partial charge in [0.25, 0.3) is 0 Å². The van der Waals surface area contributed by atoms with Crippen molar-refractivity contribution in [2.75, 3.05) is 40.0 Å². The van der Waals surface area contributed by atoms with Crippen LogP contribution in [0.15, 0.2) is 23.8 Å². The molecule has 5 nitrogen and oxygen atoms in total. The summed E-state index contributed by atoms with van der Waals surface area (Å²) in [5, 5.41) is 0. The molecule has 1 aliphatic carbocycles. The van der Waals surface area contributed by atoms with E-state index in [0.29, 0.717) is 24.6 Å². The third-order valence-corrected chi connectivity index (χ3v) is 7.15. The van der Waals surface area contributed by atoms with Gasteiger partial charge in [-0.3, -0.25) is 9.69 Å². The first-order chi connectivity index (χ1) is 18.0. The van der Waals surface area contributed by atoms with Gasteiger partial charge in [0.1, 0.15) is 11.5 Å². The number of allylic oxidation sites excluding steroid dienone is 2. The van der Waals surface area contributed by atoms with E-state index >= 15 is 0 Å². The van der Waals surface area contributed by atoms with E-state index in [1.807, 2.05) is 27.7 Å². The van der Waals surface area contributed by atoms with E-state index < -0.39 is 0 Å². The van der Waals surface area contributed by atoms with Crippen LogP contribution < -0.4 is 9.47 Å². The van der Waals surface area contributed by atoms with Gasteiger partial charge in [-0.15, -0.1) is 0 Å². The number of rotatable bonds is 11. The summed E-state index contributed by atoms with van der Waals surface area (Å²) in [6, 6.07) is 4.27. The molecule has 0 aromatic heterocycles. The highest BCUT2D eigenvalue weighted by molar-refractivity contribution is 5.74. The zero-order valence-electron chi connectivity index (χ0n) is 25.2. The van der Waals surface area contributed by atoms with Crippen molar-refractivity contribution in [3.63, 3.8) is 0 Å². The second-order valence-electron chi connectivity index (χ2n) is 9.59. The van der Waals surface area contributed by atoms with Crippen molar-refractivity contribution in [1.29, 1.82) is 0 Å². The third kappa shape index (κ3) is 10.8. The summed E-state index contributed by atoms with van der Waals surface area (Å²) in [4.78, 5) is 15.2. The van der Waals surface area contributed by atoms with Gasteiger partial charge in [0, 0.05) is 31.1 Å². The number of carbonyl (C=O) groups is 1. The predicted octanol–water partition coefficient (Wildman–Crippen LogP) is 7.96. The first kappa shape index (κ1) is 33.2. The summed E-state index contributed by atoms with van der Waals surface area (Å²) >= 11 is 0. The summed E-state index contributed by atoms with van der Waals surface area (Å²) < 4.78 is 17.4. The normalized spacial score (nSPS) is 19.5. The molecule has 0 spiro atoms. The number of morpholine rings is 1. The van der Waals surface area contributed by atoms with Crippen molar-refractivity contribution in [3.05, 3.63) is 34.9 Å². The average molecular weight is 518 g/mol. The molecule has 1 aromatic rings. The predicted molar refractivity (Wildman–Crippen MR) is 156 cm³/mol. The van der Waals surface area contributed by atoms with Gasteiger partial charge in [0.2, 0.25) is 0 Å². The molecule has 0 radical (unpaired) electrons. The Labute approximate surface area is 227 Å². The van der Waals surface area contributed by atoms with Crippen LogP contribution in [-0.2, 0) is 16.0 Å². The number of hydrogen-bond acceptors (Lipinski definition) is 5. The first-order valence-corrected chi connectivity index (χ1v) is 14.9. The van der Waals surface area contributed by atoms with Crippen LogP contribution >= 0.6 is 0 Å². The Kier molecular flexibility index (Phi) is 17.3. The molecule has 1 fully saturated rings. The van der Waals surface area contributed by atoms with Crippen LogP contribution in [0, 0.1) is 5.92 Å². The van der Waals surface area contributed by atoms with E-state index in [2.05, 4.69) is 43.9 Å². The Hall–Kier alpha value is -1.85. The lowest BCUT2D eigenvalue weighted by atomic mass is 9.75. The van der Waals surface area contributed by atoms with Gasteiger partial charge in [-0.05, 0) is 56.2 Å². The lowest BCUT2D eigenvalue weighted by Crippen LogP contribution is -2.37. The number of carbonyl (C=O) groups excluding carboxylic acids is 1. The van der Waals surface area contributed by atoms with Crippen molar-refractivity contribution in [3.8, 4) is 11.5 Å². The lowest BCUT2D eigenvalue weighted by molar-refractivity contribution is -0.135. The van der Waals surface area contributed by atoms with Crippen LogP contribution in [0.5, 0.6) is 11.5 Å². The largest absolute Gasteiger partial charge is 0.496 e. The van der Waals surface area contributed by atoms with Gasteiger partial charge in [-0.2, -0.15) is 0 Å². The number of ether oxygens (including phenoxy) is 3. The quantitative estimate of drug-likeness (QED) is 0.129. The number of aryl methyl sites for hydroxylation is 1. The minimum atomic E-state index is -0.167. The Morgan fingerprint density at radius 1 is 1.05 bits per heavy atom. The molecule has 0 bridgehead atoms. The molecule has 3 rings (SSSR count). The molecule has 2 aliphatic rings. The molecular formula is C32H55NO4. The van der Waals surface area contributed by atoms with Crippen LogP contribution in [0.2, 0.25) is 0 Å². The second-order valence-corrected chi connectivity index (χ2v) is 9.59. The summed E-state index contributed by atoms with van der Waals surface area (Å²) in [5.74, 6) is 2.13. The van der Waals surface area contributed by atoms with Gasteiger partial charge < -0.3 is 14.2 Å².